The second-order valence-electron chi connectivity index (χ2n) is 6.05. The highest BCUT2D eigenvalue weighted by atomic mass is 16.5. The third-order valence-corrected chi connectivity index (χ3v) is 4.62. The van der Waals surface area contributed by atoms with Crippen molar-refractivity contribution in [2.45, 2.75) is 18.4 Å². The van der Waals surface area contributed by atoms with E-state index in [-0.39, 0.29) is 18.4 Å². The predicted octanol–water partition coefficient (Wildman–Crippen LogP) is 1.71. The van der Waals surface area contributed by atoms with Crippen LogP contribution in [0.25, 0.3) is 11.3 Å². The van der Waals surface area contributed by atoms with Crippen LogP contribution in [0.1, 0.15) is 23.2 Å². The molecule has 132 valence electrons. The fraction of sp³-hybridized carbons (Fsp3) is 0.389. The average Bonchev–Trinajstić information content (AvgIpc) is 3.31. The van der Waals surface area contributed by atoms with E-state index < -0.39 is 5.54 Å². The quantitative estimate of drug-likeness (QED) is 0.893. The van der Waals surface area contributed by atoms with Crippen molar-refractivity contribution in [1.82, 2.24) is 15.2 Å². The molecule has 1 aliphatic heterocycles. The Kier molecular flexibility index (Phi) is 4.85. The summed E-state index contributed by atoms with van der Waals surface area (Å²) in [6.07, 6.45) is 4.33. The highest BCUT2D eigenvalue weighted by molar-refractivity contribution is 6.00. The van der Waals surface area contributed by atoms with Crippen molar-refractivity contribution in [3.63, 3.8) is 0 Å². The van der Waals surface area contributed by atoms with Gasteiger partial charge in [-0.1, -0.05) is 12.1 Å². The number of oxazole rings is 1. The molecule has 0 radical (unpaired) electrons. The van der Waals surface area contributed by atoms with Crippen molar-refractivity contribution < 1.29 is 18.7 Å². The van der Waals surface area contributed by atoms with Crippen LogP contribution in [0.4, 0.5) is 0 Å². The summed E-state index contributed by atoms with van der Waals surface area (Å²) in [5.41, 5.74) is 0.406. The maximum absolute atomic E-state index is 13.0. The third-order valence-electron chi connectivity index (χ3n) is 4.62. The van der Waals surface area contributed by atoms with E-state index in [4.69, 9.17) is 9.15 Å². The molecule has 1 atom stereocenters. The van der Waals surface area contributed by atoms with Crippen LogP contribution in [0.5, 0.6) is 0 Å². The molecular weight excluding hydrogens is 322 g/mol. The van der Waals surface area contributed by atoms with Crippen molar-refractivity contribution in [3.8, 4) is 11.3 Å². The lowest BCUT2D eigenvalue weighted by molar-refractivity contribution is -0.133. The van der Waals surface area contributed by atoms with E-state index in [0.29, 0.717) is 24.3 Å². The lowest BCUT2D eigenvalue weighted by Crippen LogP contribution is -2.59. The SMILES string of the molecule is CNC(=O)C1(COC)CCCN1C(=O)c1ccc(-c2cnco2)cc1. The Morgan fingerprint density at radius 3 is 2.72 bits per heavy atom. The maximum Gasteiger partial charge on any atom is 0.254 e. The van der Waals surface area contributed by atoms with Crippen LogP contribution in [0.3, 0.4) is 0 Å². The number of ether oxygens (including phenoxy) is 1. The predicted molar refractivity (Wildman–Crippen MR) is 90.9 cm³/mol. The molecule has 0 bridgehead atoms. The zero-order valence-electron chi connectivity index (χ0n) is 14.3. The summed E-state index contributed by atoms with van der Waals surface area (Å²) in [5, 5.41) is 2.66. The summed E-state index contributed by atoms with van der Waals surface area (Å²) in [7, 11) is 3.12. The Morgan fingerprint density at radius 2 is 2.12 bits per heavy atom. The van der Waals surface area contributed by atoms with Gasteiger partial charge in [-0.05, 0) is 25.0 Å². The van der Waals surface area contributed by atoms with Crippen LogP contribution in [0.2, 0.25) is 0 Å². The van der Waals surface area contributed by atoms with Gasteiger partial charge in [-0.2, -0.15) is 0 Å². The molecule has 7 nitrogen and oxygen atoms in total. The second-order valence-corrected chi connectivity index (χ2v) is 6.05. The van der Waals surface area contributed by atoms with Crippen molar-refractivity contribution in [1.29, 1.82) is 0 Å². The number of nitrogens with one attached hydrogen (secondary N) is 1. The Morgan fingerprint density at radius 1 is 1.36 bits per heavy atom. The van der Waals surface area contributed by atoms with E-state index in [1.54, 1.807) is 30.3 Å². The number of likely N-dealkylation sites (tertiary alicyclic amines) is 1. The van der Waals surface area contributed by atoms with Gasteiger partial charge in [-0.3, -0.25) is 9.59 Å². The number of hydrogen-bond acceptors (Lipinski definition) is 5. The molecule has 7 heteroatoms. The second kappa shape index (κ2) is 7.06. The Bertz CT molecular complexity index is 742. The number of aromatic nitrogens is 1. The van der Waals surface area contributed by atoms with E-state index in [2.05, 4.69) is 10.3 Å². The zero-order chi connectivity index (χ0) is 17.9. The molecule has 2 amide bonds. The van der Waals surface area contributed by atoms with Gasteiger partial charge < -0.3 is 19.4 Å². The fourth-order valence-corrected chi connectivity index (χ4v) is 3.39. The molecule has 1 N–H and O–H groups in total. The first-order chi connectivity index (χ1) is 12.1. The Labute approximate surface area is 146 Å². The Hall–Kier alpha value is -2.67. The van der Waals surface area contributed by atoms with Gasteiger partial charge in [0, 0.05) is 31.8 Å². The topological polar surface area (TPSA) is 84.7 Å². The summed E-state index contributed by atoms with van der Waals surface area (Å²) in [6, 6.07) is 7.09. The van der Waals surface area contributed by atoms with Crippen LogP contribution < -0.4 is 5.32 Å². The summed E-state index contributed by atoms with van der Waals surface area (Å²) in [5.74, 6) is 0.264. The summed E-state index contributed by atoms with van der Waals surface area (Å²) < 4.78 is 10.5. The first-order valence-corrected chi connectivity index (χ1v) is 8.14. The number of carbonyl (C=O) groups excluding carboxylic acids is 2. The normalized spacial score (nSPS) is 19.8. The number of nitrogens with zero attached hydrogens (tertiary/aromatic N) is 2. The van der Waals surface area contributed by atoms with Crippen LogP contribution in [0.15, 0.2) is 41.3 Å². The third kappa shape index (κ3) is 3.02. The van der Waals surface area contributed by atoms with E-state index >= 15 is 0 Å². The van der Waals surface area contributed by atoms with Gasteiger partial charge in [-0.15, -0.1) is 0 Å². The number of carbonyl (C=O) groups is 2. The molecule has 2 heterocycles. The molecule has 1 saturated heterocycles. The van der Waals surface area contributed by atoms with Crippen molar-refractivity contribution >= 4 is 11.8 Å². The van der Waals surface area contributed by atoms with Gasteiger partial charge in [-0.25, -0.2) is 4.98 Å². The lowest BCUT2D eigenvalue weighted by Gasteiger charge is -2.36. The van der Waals surface area contributed by atoms with Gasteiger partial charge in [0.1, 0.15) is 5.54 Å². The van der Waals surface area contributed by atoms with Gasteiger partial charge in [0.2, 0.25) is 5.91 Å². The van der Waals surface area contributed by atoms with Crippen molar-refractivity contribution in [3.05, 3.63) is 42.4 Å². The number of methoxy groups -OCH3 is 1. The Balaban J connectivity index is 1.87. The molecule has 0 spiro atoms. The molecule has 1 aromatic carbocycles. The minimum Gasteiger partial charge on any atom is -0.444 e. The monoisotopic (exact) mass is 343 g/mol. The molecule has 3 rings (SSSR count). The van der Waals surface area contributed by atoms with Crippen LogP contribution >= 0.6 is 0 Å². The number of benzene rings is 1. The van der Waals surface area contributed by atoms with E-state index in [1.807, 2.05) is 12.1 Å². The molecule has 1 unspecified atom stereocenters. The minimum absolute atomic E-state index is 0.175. The summed E-state index contributed by atoms with van der Waals surface area (Å²) in [6.45, 7) is 0.702. The maximum atomic E-state index is 13.0. The first kappa shape index (κ1) is 17.2. The van der Waals surface area contributed by atoms with E-state index in [0.717, 1.165) is 12.0 Å². The van der Waals surface area contributed by atoms with Crippen molar-refractivity contribution in [2.75, 3.05) is 27.3 Å². The molecular formula is C18H21N3O4. The molecule has 25 heavy (non-hydrogen) atoms. The van der Waals surface area contributed by atoms with Gasteiger partial charge in [0.05, 0.1) is 12.8 Å². The minimum atomic E-state index is -0.954. The average molecular weight is 343 g/mol. The fourth-order valence-electron chi connectivity index (χ4n) is 3.39. The number of likely N-dealkylation sites (N-methyl/N-ethyl adjacent to an activating group) is 1. The molecule has 1 aliphatic rings. The highest BCUT2D eigenvalue weighted by Crippen LogP contribution is 2.32. The van der Waals surface area contributed by atoms with Gasteiger partial charge in [0.15, 0.2) is 12.2 Å². The van der Waals surface area contributed by atoms with E-state index in [1.165, 1.54) is 13.5 Å². The van der Waals surface area contributed by atoms with Crippen LogP contribution in [0, 0.1) is 0 Å². The molecule has 1 fully saturated rings. The summed E-state index contributed by atoms with van der Waals surface area (Å²) in [4.78, 5) is 31.0. The number of hydrogen-bond donors (Lipinski definition) is 1. The standard InChI is InChI=1S/C18H21N3O4/c1-19-17(23)18(11-24-2)8-3-9-21(18)16(22)14-6-4-13(5-7-14)15-10-20-12-25-15/h4-7,10,12H,3,8-9,11H2,1-2H3,(H,19,23). The van der Waals surface area contributed by atoms with E-state index in [9.17, 15) is 9.59 Å². The zero-order valence-corrected chi connectivity index (χ0v) is 14.3. The van der Waals surface area contributed by atoms with Crippen LogP contribution in [-0.4, -0.2) is 54.5 Å². The van der Waals surface area contributed by atoms with Crippen molar-refractivity contribution in [2.24, 2.45) is 0 Å². The number of rotatable bonds is 5. The molecule has 0 aliphatic carbocycles. The van der Waals surface area contributed by atoms with Gasteiger partial charge >= 0.3 is 0 Å². The van der Waals surface area contributed by atoms with Crippen LogP contribution in [-0.2, 0) is 9.53 Å². The number of amides is 2. The summed E-state index contributed by atoms with van der Waals surface area (Å²) >= 11 is 0. The largest absolute Gasteiger partial charge is 0.444 e. The first-order valence-electron chi connectivity index (χ1n) is 8.14. The highest BCUT2D eigenvalue weighted by Gasteiger charge is 2.49. The molecule has 1 aromatic heterocycles. The lowest BCUT2D eigenvalue weighted by atomic mass is 9.95. The van der Waals surface area contributed by atoms with Gasteiger partial charge in [0.25, 0.3) is 5.91 Å². The molecule has 2 aromatic rings. The molecule has 0 saturated carbocycles. The smallest absolute Gasteiger partial charge is 0.254 e.